The SMILES string of the molecule is Cc1c(-c2c3[se]c4cc[se]c4c3cc[n+]2C)ccc2ccccc12. The van der Waals surface area contributed by atoms with Crippen LogP contribution in [0.4, 0.5) is 0 Å². The van der Waals surface area contributed by atoms with Gasteiger partial charge < -0.3 is 0 Å². The van der Waals surface area contributed by atoms with Crippen molar-refractivity contribution >= 4 is 57.9 Å². The monoisotopic (exact) mass is 442 g/mol. The topological polar surface area (TPSA) is 3.88 Å². The minimum atomic E-state index is 0.436. The van der Waals surface area contributed by atoms with Crippen molar-refractivity contribution in [1.29, 1.82) is 0 Å². The van der Waals surface area contributed by atoms with E-state index in [4.69, 9.17) is 0 Å². The van der Waals surface area contributed by atoms with Gasteiger partial charge in [0.25, 0.3) is 0 Å². The Kier molecular flexibility index (Phi) is 3.33. The van der Waals surface area contributed by atoms with Crippen LogP contribution in [0, 0.1) is 6.92 Å². The van der Waals surface area contributed by atoms with Crippen molar-refractivity contribution in [3.8, 4) is 11.3 Å². The molecule has 0 fully saturated rings. The number of hydrogen-bond acceptors (Lipinski definition) is 0. The molecule has 1 nitrogen and oxygen atoms in total. The van der Waals surface area contributed by atoms with Crippen molar-refractivity contribution in [2.45, 2.75) is 6.92 Å². The molecule has 0 N–H and O–H groups in total. The number of aryl methyl sites for hydroxylation is 2. The van der Waals surface area contributed by atoms with Crippen LogP contribution < -0.4 is 4.57 Å². The van der Waals surface area contributed by atoms with Crippen LogP contribution in [0.1, 0.15) is 5.56 Å². The van der Waals surface area contributed by atoms with Crippen LogP contribution in [0.2, 0.25) is 0 Å². The van der Waals surface area contributed by atoms with Gasteiger partial charge >= 0.3 is 153 Å². The van der Waals surface area contributed by atoms with E-state index in [1.165, 1.54) is 33.0 Å². The van der Waals surface area contributed by atoms with Crippen molar-refractivity contribution in [2.75, 3.05) is 0 Å². The zero-order chi connectivity index (χ0) is 16.3. The zero-order valence-corrected chi connectivity index (χ0v) is 17.0. The van der Waals surface area contributed by atoms with Crippen molar-refractivity contribution in [2.24, 2.45) is 7.05 Å². The molecule has 3 heterocycles. The molecular formula is C21H16NSe2+. The number of benzene rings is 2. The van der Waals surface area contributed by atoms with Gasteiger partial charge in [0.2, 0.25) is 0 Å². The number of pyridine rings is 1. The third-order valence-corrected chi connectivity index (χ3v) is 9.93. The summed E-state index contributed by atoms with van der Waals surface area (Å²) in [5.41, 5.74) is 4.18. The Morgan fingerprint density at radius 3 is 2.67 bits per heavy atom. The van der Waals surface area contributed by atoms with Crippen molar-refractivity contribution in [1.82, 2.24) is 0 Å². The Bertz CT molecular complexity index is 1230. The summed E-state index contributed by atoms with van der Waals surface area (Å²) in [6, 6.07) is 18.0. The summed E-state index contributed by atoms with van der Waals surface area (Å²) in [4.78, 5) is 2.37. The van der Waals surface area contributed by atoms with Crippen molar-refractivity contribution < 1.29 is 4.57 Å². The first-order valence-electron chi connectivity index (χ1n) is 8.01. The maximum atomic E-state index is 2.37. The Balaban J connectivity index is 1.92. The Morgan fingerprint density at radius 1 is 0.875 bits per heavy atom. The molecule has 5 aromatic rings. The normalized spacial score (nSPS) is 11.8. The molecule has 0 aliphatic heterocycles. The van der Waals surface area contributed by atoms with Crippen LogP contribution in [-0.4, -0.2) is 29.0 Å². The molecule has 0 aliphatic rings. The third kappa shape index (κ3) is 2.03. The fraction of sp³-hybridized carbons (Fsp3) is 0.0952. The van der Waals surface area contributed by atoms with E-state index in [-0.39, 0.29) is 0 Å². The van der Waals surface area contributed by atoms with E-state index in [1.807, 2.05) is 0 Å². The third-order valence-electron chi connectivity index (χ3n) is 4.82. The van der Waals surface area contributed by atoms with Crippen LogP contribution in [-0.2, 0) is 7.05 Å². The zero-order valence-electron chi connectivity index (χ0n) is 13.5. The molecule has 0 atom stereocenters. The Hall–Kier alpha value is -1.63. The summed E-state index contributed by atoms with van der Waals surface area (Å²) < 4.78 is 7.11. The molecule has 0 saturated carbocycles. The molecule has 5 rings (SSSR count). The number of hydrogen-bond donors (Lipinski definition) is 0. The van der Waals surface area contributed by atoms with Crippen molar-refractivity contribution in [3.05, 3.63) is 65.2 Å². The number of rotatable bonds is 1. The van der Waals surface area contributed by atoms with Crippen LogP contribution in [0.5, 0.6) is 0 Å². The van der Waals surface area contributed by atoms with Gasteiger partial charge in [-0.3, -0.25) is 0 Å². The molecule has 0 bridgehead atoms. The molecular weight excluding hydrogens is 424 g/mol. The van der Waals surface area contributed by atoms with Gasteiger partial charge in [-0.25, -0.2) is 0 Å². The summed E-state index contributed by atoms with van der Waals surface area (Å²) in [6.45, 7) is 2.27. The van der Waals surface area contributed by atoms with Crippen LogP contribution >= 0.6 is 0 Å². The van der Waals surface area contributed by atoms with Gasteiger partial charge in [-0.1, -0.05) is 0 Å². The molecule has 24 heavy (non-hydrogen) atoms. The quantitative estimate of drug-likeness (QED) is 0.274. The molecule has 0 aliphatic carbocycles. The first-order chi connectivity index (χ1) is 11.7. The molecule has 116 valence electrons. The Morgan fingerprint density at radius 2 is 1.75 bits per heavy atom. The molecule has 0 unspecified atom stereocenters. The maximum absolute atomic E-state index is 2.37. The summed E-state index contributed by atoms with van der Waals surface area (Å²) in [6.07, 6.45) is 2.24. The number of nitrogens with zero attached hydrogens (tertiary/aromatic N) is 1. The number of aromatic nitrogens is 1. The molecule has 2 aromatic carbocycles. The number of fused-ring (bicyclic) bond motifs is 4. The van der Waals surface area contributed by atoms with Gasteiger partial charge in [-0.2, -0.15) is 0 Å². The van der Waals surface area contributed by atoms with Gasteiger partial charge in [0, 0.05) is 0 Å². The summed E-state index contributed by atoms with van der Waals surface area (Å²) in [5, 5.41) is 4.20. The van der Waals surface area contributed by atoms with Crippen LogP contribution in [0.3, 0.4) is 0 Å². The van der Waals surface area contributed by atoms with E-state index in [2.05, 4.69) is 78.2 Å². The second-order valence-electron chi connectivity index (χ2n) is 6.19. The summed E-state index contributed by atoms with van der Waals surface area (Å²) >= 11 is 0.962. The average molecular weight is 440 g/mol. The molecule has 0 amide bonds. The predicted molar refractivity (Wildman–Crippen MR) is 104 cm³/mol. The van der Waals surface area contributed by atoms with E-state index in [0.717, 1.165) is 0 Å². The molecule has 0 saturated heterocycles. The first kappa shape index (κ1) is 14.7. The van der Waals surface area contributed by atoms with Gasteiger partial charge in [0.1, 0.15) is 0 Å². The summed E-state index contributed by atoms with van der Waals surface area (Å²) in [7, 11) is 2.19. The minimum absolute atomic E-state index is 0.436. The summed E-state index contributed by atoms with van der Waals surface area (Å²) in [5.74, 6) is 0. The van der Waals surface area contributed by atoms with E-state index in [1.54, 1.807) is 12.8 Å². The van der Waals surface area contributed by atoms with Gasteiger partial charge in [0.15, 0.2) is 0 Å². The van der Waals surface area contributed by atoms with E-state index in [9.17, 15) is 0 Å². The van der Waals surface area contributed by atoms with E-state index < -0.39 is 0 Å². The van der Waals surface area contributed by atoms with Crippen molar-refractivity contribution in [3.63, 3.8) is 0 Å². The molecule has 0 radical (unpaired) electrons. The van der Waals surface area contributed by atoms with Crippen LogP contribution in [0.25, 0.3) is 40.2 Å². The first-order valence-corrected chi connectivity index (χ1v) is 11.6. The predicted octanol–water partition coefficient (Wildman–Crippen LogP) is 4.06. The molecule has 3 aromatic heterocycles. The average Bonchev–Trinajstić information content (AvgIpc) is 3.17. The fourth-order valence-corrected chi connectivity index (χ4v) is 9.55. The standard InChI is InChI=1S/C21H16NSe2/c1-13-15-6-4-3-5-14(15)7-8-16(13)19-21-17(9-11-22(19)2)20-18(24-21)10-12-23-20/h3-12H,1-2H3/q+1. The van der Waals surface area contributed by atoms with Gasteiger partial charge in [-0.05, 0) is 0 Å². The van der Waals surface area contributed by atoms with Crippen LogP contribution in [0.15, 0.2) is 59.7 Å². The van der Waals surface area contributed by atoms with Gasteiger partial charge in [0.05, 0.1) is 0 Å². The van der Waals surface area contributed by atoms with Gasteiger partial charge in [-0.15, -0.1) is 0 Å². The second kappa shape index (κ2) is 5.44. The molecule has 0 spiro atoms. The second-order valence-corrected chi connectivity index (χ2v) is 10.3. The fourth-order valence-electron chi connectivity index (χ4n) is 3.59. The van der Waals surface area contributed by atoms with E-state index in [0.29, 0.717) is 29.0 Å². The molecule has 3 heteroatoms. The Labute approximate surface area is 152 Å². The van der Waals surface area contributed by atoms with E-state index >= 15 is 0 Å².